The first-order valence-electron chi connectivity index (χ1n) is 16.0. The Morgan fingerprint density at radius 2 is 1.33 bits per heavy atom. The zero-order chi connectivity index (χ0) is 31.9. The minimum absolute atomic E-state index is 0.0299. The summed E-state index contributed by atoms with van der Waals surface area (Å²) in [5.74, 6) is 1.22. The van der Waals surface area contributed by atoms with Gasteiger partial charge >= 0.3 is 0 Å². The third kappa shape index (κ3) is 10.2. The van der Waals surface area contributed by atoms with Gasteiger partial charge in [0, 0.05) is 34.4 Å². The average molecular weight is 578 g/mol. The second-order valence-electron chi connectivity index (χ2n) is 15.1. The molecule has 0 aliphatic carbocycles. The Hall–Kier alpha value is -2.75. The molecule has 2 N–H and O–H groups in total. The summed E-state index contributed by atoms with van der Waals surface area (Å²) in [6, 6.07) is 8.19. The van der Waals surface area contributed by atoms with E-state index in [9.17, 15) is 9.90 Å². The number of allylic oxidation sites excluding steroid dienone is 1. The van der Waals surface area contributed by atoms with Crippen LogP contribution in [0.25, 0.3) is 5.57 Å². The van der Waals surface area contributed by atoms with Crippen LogP contribution in [0.15, 0.2) is 30.8 Å². The third-order valence-corrected chi connectivity index (χ3v) is 7.81. The first kappa shape index (κ1) is 35.4. The van der Waals surface area contributed by atoms with Crippen molar-refractivity contribution in [1.82, 2.24) is 0 Å². The molecule has 2 rings (SSSR count). The highest BCUT2D eigenvalue weighted by molar-refractivity contribution is 5.91. The lowest BCUT2D eigenvalue weighted by Gasteiger charge is -2.31. The molecule has 0 aliphatic heterocycles. The van der Waals surface area contributed by atoms with Crippen molar-refractivity contribution < 1.29 is 14.6 Å². The van der Waals surface area contributed by atoms with E-state index < -0.39 is 0 Å². The van der Waals surface area contributed by atoms with E-state index >= 15 is 0 Å². The van der Waals surface area contributed by atoms with Gasteiger partial charge in [-0.1, -0.05) is 114 Å². The zero-order valence-corrected chi connectivity index (χ0v) is 28.6. The van der Waals surface area contributed by atoms with Gasteiger partial charge in [0.15, 0.2) is 0 Å². The molecule has 0 unspecified atom stereocenters. The normalized spacial score (nSPS) is 12.4. The molecular weight excluding hydrogens is 518 g/mol. The van der Waals surface area contributed by atoms with Crippen LogP contribution in [0.2, 0.25) is 0 Å². The van der Waals surface area contributed by atoms with Crippen molar-refractivity contribution in [1.29, 1.82) is 0 Å². The summed E-state index contributed by atoms with van der Waals surface area (Å²) in [6.07, 6.45) is 8.28. The summed E-state index contributed by atoms with van der Waals surface area (Å²) < 4.78 is 6.53. The first-order valence-corrected chi connectivity index (χ1v) is 16.0. The van der Waals surface area contributed by atoms with Crippen LogP contribution in [0.4, 0.5) is 5.69 Å². The monoisotopic (exact) mass is 577 g/mol. The van der Waals surface area contributed by atoms with Crippen LogP contribution in [-0.2, 0) is 27.5 Å². The molecule has 2 aromatic rings. The molecule has 4 nitrogen and oxygen atoms in total. The van der Waals surface area contributed by atoms with Crippen molar-refractivity contribution in [2.75, 3.05) is 11.9 Å². The zero-order valence-electron chi connectivity index (χ0n) is 28.6. The Morgan fingerprint density at radius 1 is 0.810 bits per heavy atom. The third-order valence-electron chi connectivity index (χ3n) is 7.81. The number of amides is 1. The van der Waals surface area contributed by atoms with E-state index in [0.717, 1.165) is 51.2 Å². The van der Waals surface area contributed by atoms with Gasteiger partial charge in [-0.2, -0.15) is 0 Å². The van der Waals surface area contributed by atoms with E-state index in [0.29, 0.717) is 19.4 Å². The number of rotatable bonds is 13. The van der Waals surface area contributed by atoms with Crippen LogP contribution in [-0.4, -0.2) is 17.6 Å². The summed E-state index contributed by atoms with van der Waals surface area (Å²) in [5, 5.41) is 14.1. The summed E-state index contributed by atoms with van der Waals surface area (Å²) in [4.78, 5) is 13.3. The molecule has 234 valence electrons. The van der Waals surface area contributed by atoms with Crippen LogP contribution in [0.5, 0.6) is 11.5 Å². The number of hydrogen-bond donors (Lipinski definition) is 2. The molecule has 0 bridgehead atoms. The molecule has 0 heterocycles. The molecule has 2 aromatic carbocycles. The van der Waals surface area contributed by atoms with E-state index in [-0.39, 0.29) is 27.9 Å². The molecule has 0 aliphatic rings. The van der Waals surface area contributed by atoms with Gasteiger partial charge in [-0.15, -0.1) is 0 Å². The second kappa shape index (κ2) is 14.6. The van der Waals surface area contributed by atoms with Crippen LogP contribution in [0.3, 0.4) is 0 Å². The van der Waals surface area contributed by atoms with Gasteiger partial charge in [-0.25, -0.2) is 0 Å². The number of phenols is 1. The number of carbonyl (C=O) groups is 1. The van der Waals surface area contributed by atoms with E-state index in [1.165, 1.54) is 32.1 Å². The predicted molar refractivity (Wildman–Crippen MR) is 181 cm³/mol. The lowest BCUT2D eigenvalue weighted by molar-refractivity contribution is -0.116. The Kier molecular flexibility index (Phi) is 12.3. The highest BCUT2D eigenvalue weighted by Crippen LogP contribution is 2.42. The minimum Gasteiger partial charge on any atom is -0.507 e. The predicted octanol–water partition coefficient (Wildman–Crippen LogP) is 10.6. The summed E-state index contributed by atoms with van der Waals surface area (Å²) in [7, 11) is 0. The number of carbonyl (C=O) groups excluding carboxylic acids is 1. The van der Waals surface area contributed by atoms with Gasteiger partial charge in [0.1, 0.15) is 11.5 Å². The molecule has 4 heteroatoms. The number of unbranched alkanes of at least 4 members (excludes halogenated alkanes) is 5. The molecule has 0 saturated heterocycles. The van der Waals surface area contributed by atoms with Crippen molar-refractivity contribution in [2.45, 2.75) is 144 Å². The first-order chi connectivity index (χ1) is 19.4. The number of anilines is 1. The smallest absolute Gasteiger partial charge is 0.224 e. The Balaban J connectivity index is 2.29. The Morgan fingerprint density at radius 3 is 1.83 bits per heavy atom. The highest BCUT2D eigenvalue weighted by Gasteiger charge is 2.28. The Labute approximate surface area is 257 Å². The average Bonchev–Trinajstić information content (AvgIpc) is 2.85. The van der Waals surface area contributed by atoms with Gasteiger partial charge < -0.3 is 15.2 Å². The topological polar surface area (TPSA) is 58.6 Å². The summed E-state index contributed by atoms with van der Waals surface area (Å²) in [6.45, 7) is 28.4. The van der Waals surface area contributed by atoms with Gasteiger partial charge in [-0.3, -0.25) is 4.79 Å². The van der Waals surface area contributed by atoms with Crippen LogP contribution < -0.4 is 10.1 Å². The van der Waals surface area contributed by atoms with Gasteiger partial charge in [0.25, 0.3) is 0 Å². The summed E-state index contributed by atoms with van der Waals surface area (Å²) >= 11 is 0. The molecule has 0 radical (unpaired) electrons. The van der Waals surface area contributed by atoms with Gasteiger partial charge in [0.05, 0.1) is 6.61 Å². The minimum atomic E-state index is -0.224. The van der Waals surface area contributed by atoms with Crippen molar-refractivity contribution >= 4 is 17.2 Å². The standard InChI is InChI=1S/C38H59NO3/c1-13-14-15-16-17-18-21-42-35-31(37(7,8)9)24-28(25-32(35)38(10,11)12)39-33(40)20-19-27-22-29(26(2)3)34(41)30(23-27)36(4,5)6/h22-25,41H,2,13-21H2,1,3-12H3,(H,39,40). The van der Waals surface area contributed by atoms with Gasteiger partial charge in [0.2, 0.25) is 5.91 Å². The highest BCUT2D eigenvalue weighted by atomic mass is 16.5. The number of phenolic OH excluding ortho intramolecular Hbond substituents is 1. The maximum Gasteiger partial charge on any atom is 0.224 e. The lowest BCUT2D eigenvalue weighted by atomic mass is 9.79. The fraction of sp³-hybridized carbons (Fsp3) is 0.605. The molecule has 42 heavy (non-hydrogen) atoms. The van der Waals surface area contributed by atoms with Crippen molar-refractivity contribution in [3.8, 4) is 11.5 Å². The molecule has 0 atom stereocenters. The van der Waals surface area contributed by atoms with E-state index in [4.69, 9.17) is 4.74 Å². The Bertz CT molecular complexity index is 1180. The molecule has 0 spiro atoms. The number of ether oxygens (including phenoxy) is 1. The van der Waals surface area contributed by atoms with Crippen molar-refractivity contribution in [2.24, 2.45) is 0 Å². The number of benzene rings is 2. The lowest BCUT2D eigenvalue weighted by Crippen LogP contribution is -2.22. The molecule has 0 fully saturated rings. The van der Waals surface area contributed by atoms with E-state index in [2.05, 4.69) is 93.3 Å². The summed E-state index contributed by atoms with van der Waals surface area (Å²) in [5.41, 5.74) is 5.99. The molecule has 0 saturated carbocycles. The van der Waals surface area contributed by atoms with Gasteiger partial charge in [-0.05, 0) is 65.3 Å². The number of nitrogens with one attached hydrogen (secondary N) is 1. The van der Waals surface area contributed by atoms with Crippen molar-refractivity contribution in [3.63, 3.8) is 0 Å². The maximum absolute atomic E-state index is 13.3. The van der Waals surface area contributed by atoms with Crippen LogP contribution in [0, 0.1) is 0 Å². The number of hydrogen-bond acceptors (Lipinski definition) is 3. The quantitative estimate of drug-likeness (QED) is 0.233. The van der Waals surface area contributed by atoms with E-state index in [1.54, 1.807) is 0 Å². The van der Waals surface area contributed by atoms with Crippen LogP contribution >= 0.6 is 0 Å². The van der Waals surface area contributed by atoms with Crippen LogP contribution in [0.1, 0.15) is 149 Å². The molecule has 0 aromatic heterocycles. The largest absolute Gasteiger partial charge is 0.507 e. The fourth-order valence-corrected chi connectivity index (χ4v) is 5.24. The SMILES string of the molecule is C=C(C)c1cc(CCC(=O)Nc2cc(C(C)(C)C)c(OCCCCCCCC)c(C(C)(C)C)c2)cc(C(C)(C)C)c1O. The number of aryl methyl sites for hydroxylation is 1. The fourth-order valence-electron chi connectivity index (χ4n) is 5.24. The molecular formula is C38H59NO3. The molecule has 1 amide bonds. The van der Waals surface area contributed by atoms with E-state index in [1.807, 2.05) is 19.1 Å². The maximum atomic E-state index is 13.3. The number of aromatic hydroxyl groups is 1. The van der Waals surface area contributed by atoms with Crippen molar-refractivity contribution in [3.05, 3.63) is 58.7 Å². The second-order valence-corrected chi connectivity index (χ2v) is 15.1.